The van der Waals surface area contributed by atoms with Gasteiger partial charge in [0.25, 0.3) is 0 Å². The van der Waals surface area contributed by atoms with E-state index in [2.05, 4.69) is 350 Å². The van der Waals surface area contributed by atoms with E-state index in [4.69, 9.17) is 0 Å². The van der Waals surface area contributed by atoms with E-state index >= 15 is 0 Å². The van der Waals surface area contributed by atoms with Gasteiger partial charge in [0.2, 0.25) is 18.1 Å². The van der Waals surface area contributed by atoms with Gasteiger partial charge >= 0.3 is 0 Å². The maximum Gasteiger partial charge on any atom is 0.229 e. The van der Waals surface area contributed by atoms with E-state index in [0.29, 0.717) is 0 Å². The topological polar surface area (TPSA) is 9.23 Å². The molecule has 0 N–H and O–H groups in total. The lowest BCUT2D eigenvalue weighted by atomic mass is 9.68. The van der Waals surface area contributed by atoms with Crippen LogP contribution in [0.4, 0.5) is 0 Å². The van der Waals surface area contributed by atoms with Gasteiger partial charge in [-0.3, -0.25) is 0 Å². The van der Waals surface area contributed by atoms with E-state index < -0.39 is 18.1 Å². The molecule has 1 nitrogen and oxygen atoms in total. The van der Waals surface area contributed by atoms with E-state index in [9.17, 15) is 4.12 Å². The van der Waals surface area contributed by atoms with Crippen molar-refractivity contribution in [2.75, 3.05) is 0 Å². The van der Waals surface area contributed by atoms with Gasteiger partial charge in [0, 0.05) is 0 Å². The van der Waals surface area contributed by atoms with Crippen molar-refractivity contribution in [1.82, 2.24) is 0 Å². The van der Waals surface area contributed by atoms with Crippen molar-refractivity contribution in [3.8, 4) is 0 Å². The van der Waals surface area contributed by atoms with E-state index in [1.807, 2.05) is 0 Å². The Hall–Kier alpha value is -2.73. The molecular weight excluding hydrogens is 1130 g/mol. The van der Waals surface area contributed by atoms with Crippen molar-refractivity contribution >= 4 is 38.8 Å². The van der Waals surface area contributed by atoms with Gasteiger partial charge in [-0.25, -0.2) is 0 Å². The lowest BCUT2D eigenvalue weighted by molar-refractivity contribution is 0.279. The molecule has 516 valence electrons. The molecule has 0 saturated heterocycles. The fraction of sp³-hybridized carbons (Fsp3) is 0.727. The molecule has 3 heteroatoms. The van der Waals surface area contributed by atoms with Gasteiger partial charge in [-0.15, -0.1) is 0 Å². The second kappa shape index (κ2) is 26.6. The first-order valence-electron chi connectivity index (χ1n) is 36.3. The Labute approximate surface area is 571 Å². The van der Waals surface area contributed by atoms with Gasteiger partial charge in [0.15, 0.2) is 0 Å². The second-order valence-corrected chi connectivity index (χ2v) is 49.9. The molecule has 0 aliphatic rings. The summed E-state index contributed by atoms with van der Waals surface area (Å²) in [7, 11) is -6.17. The van der Waals surface area contributed by atoms with Crippen LogP contribution >= 0.6 is 0 Å². The largest absolute Gasteiger partial charge is 0.446 e. The highest BCUT2D eigenvalue weighted by Crippen LogP contribution is 2.48. The molecule has 0 unspecified atom stereocenters. The molecule has 0 bridgehead atoms. The molecule has 4 aromatic carbocycles. The first-order chi connectivity index (χ1) is 40.0. The fourth-order valence-electron chi connectivity index (χ4n) is 20.2. The average molecular weight is 1280 g/mol. The lowest BCUT2D eigenvalue weighted by Gasteiger charge is -2.46. The molecule has 0 atom stereocenters. The van der Waals surface area contributed by atoms with Crippen LogP contribution in [0.25, 0.3) is 0 Å². The van der Waals surface area contributed by atoms with E-state index in [-0.39, 0.29) is 86.6 Å². The number of benzene rings is 4. The summed E-state index contributed by atoms with van der Waals surface area (Å²) in [5, 5.41) is 6.22. The third-order valence-electron chi connectivity index (χ3n) is 19.4. The molecule has 91 heavy (non-hydrogen) atoms. The summed E-state index contributed by atoms with van der Waals surface area (Å²) < 4.78 is 10.0. The molecule has 0 aliphatic heterocycles. The predicted octanol–water partition coefficient (Wildman–Crippen LogP) is 23.8. The van der Waals surface area contributed by atoms with Crippen LogP contribution < -0.4 is 20.7 Å². The summed E-state index contributed by atoms with van der Waals surface area (Å²) >= 11 is 0. The van der Waals surface area contributed by atoms with E-state index in [0.717, 1.165) is 51.4 Å². The summed E-state index contributed by atoms with van der Waals surface area (Å²) in [4.78, 5) is 0. The quantitative estimate of drug-likeness (QED) is 0.0713. The Bertz CT molecular complexity index is 2480. The summed E-state index contributed by atoms with van der Waals surface area (Å²) in [6, 6.07) is 30.7. The van der Waals surface area contributed by atoms with Crippen LogP contribution in [0.2, 0.25) is 0 Å². The zero-order valence-electron chi connectivity index (χ0n) is 68.1. The van der Waals surface area contributed by atoms with Gasteiger partial charge in [-0.1, -0.05) is 350 Å². The Morgan fingerprint density at radius 3 is 0.374 bits per heavy atom. The van der Waals surface area contributed by atoms with Gasteiger partial charge in [0.05, 0.1) is 0 Å². The minimum atomic E-state index is -3.08. The van der Waals surface area contributed by atoms with Gasteiger partial charge in [-0.05, 0) is 203 Å². The maximum absolute atomic E-state index is 10.0. The Balaban J connectivity index is 2.86. The molecule has 0 saturated carbocycles. The summed E-state index contributed by atoms with van der Waals surface area (Å²) in [6.07, 6.45) is 8.35. The minimum Gasteiger partial charge on any atom is -0.446 e. The Morgan fingerprint density at radius 2 is 0.286 bits per heavy atom. The minimum absolute atomic E-state index is 0.0651. The molecule has 4 rings (SSSR count). The van der Waals surface area contributed by atoms with Crippen molar-refractivity contribution in [2.24, 2.45) is 43.3 Å². The van der Waals surface area contributed by atoms with Crippen LogP contribution in [-0.4, -0.2) is 18.1 Å². The van der Waals surface area contributed by atoms with Crippen molar-refractivity contribution in [2.45, 2.75) is 372 Å². The molecule has 0 aromatic heterocycles. The number of rotatable bonds is 22. The molecular formula is C88H150OSi2. The molecule has 0 heterocycles. The maximum atomic E-state index is 10.0. The van der Waals surface area contributed by atoms with Crippen LogP contribution in [0.5, 0.6) is 0 Å². The van der Waals surface area contributed by atoms with Crippen LogP contribution in [0.3, 0.4) is 0 Å². The monoisotopic (exact) mass is 1280 g/mol. The van der Waals surface area contributed by atoms with Crippen LogP contribution in [0.15, 0.2) is 72.8 Å². The second-order valence-electron chi connectivity index (χ2n) is 44.9. The van der Waals surface area contributed by atoms with Gasteiger partial charge in [0.1, 0.15) is 0 Å². The molecule has 0 aliphatic carbocycles. The zero-order chi connectivity index (χ0) is 70.9. The smallest absolute Gasteiger partial charge is 0.229 e. The standard InChI is InChI=1S/C88H150OSi2/c1-73(2,3)53-81(25,26)61-45-41-46-62(82(27,28)54-74(4,5)6)69(61)90(70-63(83(29,30)55-75(7,8)9)47-42-48-64(70)84(31,32)56-76(10,11)12)89-91(71-65(85(33,34)57-77(13,14)15)49-43-50-66(71)86(35,36)58-78(16,17)18)72-67(87(37,38)59-79(19,20)21)51-44-52-68(72)88(39,40)60-80(22,23)24/h41-52,90-91H,53-60H2,1-40H3. The van der Waals surface area contributed by atoms with Crippen LogP contribution in [-0.2, 0) is 47.4 Å². The predicted molar refractivity (Wildman–Crippen MR) is 416 cm³/mol. The average Bonchev–Trinajstić information content (AvgIpc) is 0.725. The zero-order valence-corrected chi connectivity index (χ0v) is 70.5. The molecule has 0 spiro atoms. The Morgan fingerprint density at radius 1 is 0.187 bits per heavy atom. The highest BCUT2D eigenvalue weighted by atomic mass is 28.4. The summed E-state index contributed by atoms with van der Waals surface area (Å²) in [5.41, 5.74) is 10.9. The van der Waals surface area contributed by atoms with Crippen molar-refractivity contribution < 1.29 is 4.12 Å². The van der Waals surface area contributed by atoms with Crippen LogP contribution in [0.1, 0.15) is 373 Å². The van der Waals surface area contributed by atoms with E-state index in [1.165, 1.54) is 44.5 Å². The molecule has 0 amide bonds. The third-order valence-corrected chi connectivity index (χ3v) is 26.1. The normalized spacial score (nSPS) is 15.0. The first kappa shape index (κ1) is 80.7. The highest BCUT2D eigenvalue weighted by molar-refractivity contribution is 6.93. The summed E-state index contributed by atoms with van der Waals surface area (Å²) in [6.45, 7) is 101. The molecule has 0 fully saturated rings. The Kier molecular flexibility index (Phi) is 23.6. The lowest BCUT2D eigenvalue weighted by Crippen LogP contribution is -2.64. The molecule has 4 aromatic rings. The van der Waals surface area contributed by atoms with Crippen molar-refractivity contribution in [3.63, 3.8) is 0 Å². The van der Waals surface area contributed by atoms with Crippen LogP contribution in [0, 0.1) is 43.3 Å². The van der Waals surface area contributed by atoms with Crippen molar-refractivity contribution in [3.05, 3.63) is 117 Å². The highest BCUT2D eigenvalue weighted by Gasteiger charge is 2.49. The van der Waals surface area contributed by atoms with Crippen molar-refractivity contribution in [1.29, 1.82) is 0 Å². The van der Waals surface area contributed by atoms with E-state index in [1.54, 1.807) is 20.7 Å². The number of hydrogen-bond donors (Lipinski definition) is 0. The first-order valence-corrected chi connectivity index (χ1v) is 39.5. The SMILES string of the molecule is CC(C)(C)CC(C)(C)c1cccc(C(C)(C)CC(C)(C)C)c1[SiH](O[SiH](c1c(C(C)(C)CC(C)(C)C)cccc1C(C)(C)CC(C)(C)C)c1c(C(C)(C)CC(C)(C)C)cccc1C(C)(C)CC(C)(C)C)c1c(C(C)(C)CC(C)(C)C)cccc1C(C)(C)CC(C)(C)C. The van der Waals surface area contributed by atoms with Gasteiger partial charge in [-0.2, -0.15) is 0 Å². The van der Waals surface area contributed by atoms with Gasteiger partial charge < -0.3 is 4.12 Å². The molecule has 0 radical (unpaired) electrons. The number of hydrogen-bond acceptors (Lipinski definition) is 1. The third kappa shape index (κ3) is 22.1. The fourth-order valence-corrected chi connectivity index (χ4v) is 30.2. The summed E-state index contributed by atoms with van der Waals surface area (Å²) in [5.74, 6) is 0.